The predicted molar refractivity (Wildman–Crippen MR) is 99.5 cm³/mol. The van der Waals surface area contributed by atoms with Crippen LogP contribution in [-0.4, -0.2) is 28.2 Å². The summed E-state index contributed by atoms with van der Waals surface area (Å²) in [5.41, 5.74) is 1.50. The van der Waals surface area contributed by atoms with Crippen LogP contribution in [0.1, 0.15) is 12.5 Å². The number of ketones is 1. The molecule has 25 heavy (non-hydrogen) atoms. The highest BCUT2D eigenvalue weighted by molar-refractivity contribution is 7.99. The van der Waals surface area contributed by atoms with Gasteiger partial charge in [0.1, 0.15) is 11.5 Å². The number of hydrogen-bond donors (Lipinski definition) is 0. The summed E-state index contributed by atoms with van der Waals surface area (Å²) in [6, 6.07) is 14.8. The van der Waals surface area contributed by atoms with E-state index in [0.29, 0.717) is 22.6 Å². The fourth-order valence-electron chi connectivity index (χ4n) is 2.48. The Kier molecular flexibility index (Phi) is 5.19. The summed E-state index contributed by atoms with van der Waals surface area (Å²) >= 11 is 1.29. The van der Waals surface area contributed by atoms with Crippen LogP contribution in [0.2, 0.25) is 0 Å². The average Bonchev–Trinajstić information content (AvgIpc) is 2.63. The SMILES string of the molecule is COc1ccc(Cn2c(SCC(C)=O)nc3ccccc3c2=O)cc1. The van der Waals surface area contributed by atoms with Gasteiger partial charge in [0, 0.05) is 0 Å². The number of carbonyl (C=O) groups is 1. The zero-order valence-corrected chi connectivity index (χ0v) is 14.9. The first kappa shape index (κ1) is 17.2. The maximum Gasteiger partial charge on any atom is 0.262 e. The lowest BCUT2D eigenvalue weighted by molar-refractivity contribution is -0.114. The van der Waals surface area contributed by atoms with Crippen LogP contribution in [-0.2, 0) is 11.3 Å². The smallest absolute Gasteiger partial charge is 0.262 e. The molecule has 1 heterocycles. The second-order valence-corrected chi connectivity index (χ2v) is 6.58. The van der Waals surface area contributed by atoms with E-state index in [1.807, 2.05) is 42.5 Å². The molecule has 128 valence electrons. The Morgan fingerprint density at radius 2 is 1.88 bits per heavy atom. The molecular formula is C19H18N2O3S. The van der Waals surface area contributed by atoms with Gasteiger partial charge in [-0.1, -0.05) is 36.0 Å². The van der Waals surface area contributed by atoms with Crippen LogP contribution < -0.4 is 10.3 Å². The van der Waals surface area contributed by atoms with Crippen LogP contribution in [0, 0.1) is 0 Å². The Morgan fingerprint density at radius 3 is 2.56 bits per heavy atom. The minimum Gasteiger partial charge on any atom is -0.497 e. The number of ether oxygens (including phenoxy) is 1. The van der Waals surface area contributed by atoms with Crippen molar-refractivity contribution < 1.29 is 9.53 Å². The highest BCUT2D eigenvalue weighted by Gasteiger charge is 2.12. The summed E-state index contributed by atoms with van der Waals surface area (Å²) in [4.78, 5) is 28.9. The number of fused-ring (bicyclic) bond motifs is 1. The van der Waals surface area contributed by atoms with Crippen molar-refractivity contribution in [2.45, 2.75) is 18.6 Å². The molecule has 0 aliphatic rings. The van der Waals surface area contributed by atoms with Gasteiger partial charge in [0.2, 0.25) is 0 Å². The first-order valence-corrected chi connectivity index (χ1v) is 8.82. The number of Topliss-reactive ketones (excluding diaryl/α,β-unsaturated/α-hetero) is 1. The molecule has 0 unspecified atom stereocenters. The van der Waals surface area contributed by atoms with Gasteiger partial charge in [-0.05, 0) is 36.8 Å². The van der Waals surface area contributed by atoms with Gasteiger partial charge in [-0.25, -0.2) is 4.98 Å². The number of thioether (sulfide) groups is 1. The van der Waals surface area contributed by atoms with Crippen LogP contribution >= 0.6 is 11.8 Å². The molecule has 0 bridgehead atoms. The average molecular weight is 354 g/mol. The normalized spacial score (nSPS) is 10.8. The second-order valence-electron chi connectivity index (χ2n) is 5.64. The second kappa shape index (κ2) is 7.53. The van der Waals surface area contributed by atoms with E-state index in [-0.39, 0.29) is 17.1 Å². The molecule has 0 radical (unpaired) electrons. The van der Waals surface area contributed by atoms with Gasteiger partial charge >= 0.3 is 0 Å². The molecule has 0 aliphatic carbocycles. The van der Waals surface area contributed by atoms with Crippen molar-refractivity contribution in [2.24, 2.45) is 0 Å². The van der Waals surface area contributed by atoms with Crippen molar-refractivity contribution in [2.75, 3.05) is 12.9 Å². The molecule has 0 saturated heterocycles. The number of benzene rings is 2. The molecule has 3 rings (SSSR count). The van der Waals surface area contributed by atoms with Gasteiger partial charge < -0.3 is 4.74 Å². The van der Waals surface area contributed by atoms with Crippen molar-refractivity contribution >= 4 is 28.4 Å². The number of nitrogens with zero attached hydrogens (tertiary/aromatic N) is 2. The molecule has 0 aliphatic heterocycles. The minimum absolute atomic E-state index is 0.0448. The van der Waals surface area contributed by atoms with E-state index in [9.17, 15) is 9.59 Å². The van der Waals surface area contributed by atoms with Gasteiger partial charge in [0.25, 0.3) is 5.56 Å². The summed E-state index contributed by atoms with van der Waals surface area (Å²) in [6.07, 6.45) is 0. The summed E-state index contributed by atoms with van der Waals surface area (Å²) < 4.78 is 6.79. The molecule has 0 saturated carbocycles. The minimum atomic E-state index is -0.104. The zero-order valence-electron chi connectivity index (χ0n) is 14.1. The topological polar surface area (TPSA) is 61.2 Å². The van der Waals surface area contributed by atoms with E-state index in [1.165, 1.54) is 18.7 Å². The third kappa shape index (κ3) is 3.91. The Bertz CT molecular complexity index is 965. The predicted octanol–water partition coefficient (Wildman–Crippen LogP) is 3.13. The first-order valence-electron chi connectivity index (χ1n) is 7.83. The molecule has 5 nitrogen and oxygen atoms in total. The molecule has 2 aromatic carbocycles. The van der Waals surface area contributed by atoms with Crippen LogP contribution in [0.25, 0.3) is 10.9 Å². The Labute approximate surface area is 149 Å². The molecule has 3 aromatic rings. The van der Waals surface area contributed by atoms with Crippen molar-refractivity contribution in [1.82, 2.24) is 9.55 Å². The van der Waals surface area contributed by atoms with Gasteiger partial charge in [-0.15, -0.1) is 0 Å². The van der Waals surface area contributed by atoms with Crippen molar-refractivity contribution in [3.05, 3.63) is 64.4 Å². The Hall–Kier alpha value is -2.60. The lowest BCUT2D eigenvalue weighted by Crippen LogP contribution is -2.24. The fraction of sp³-hybridized carbons (Fsp3) is 0.211. The van der Waals surface area contributed by atoms with Gasteiger partial charge in [0.05, 0.1) is 30.3 Å². The van der Waals surface area contributed by atoms with Crippen molar-refractivity contribution in [1.29, 1.82) is 0 Å². The standard InChI is InChI=1S/C19H18N2O3S/c1-13(22)12-25-19-20-17-6-4-3-5-16(17)18(23)21(19)11-14-7-9-15(24-2)10-8-14/h3-10H,11-12H2,1-2H3. The van der Waals surface area contributed by atoms with Crippen LogP contribution in [0.3, 0.4) is 0 Å². The fourth-order valence-corrected chi connectivity index (χ4v) is 3.28. The van der Waals surface area contributed by atoms with E-state index in [4.69, 9.17) is 4.74 Å². The molecule has 0 fully saturated rings. The summed E-state index contributed by atoms with van der Waals surface area (Å²) in [7, 11) is 1.61. The molecule has 0 atom stereocenters. The van der Waals surface area contributed by atoms with Crippen molar-refractivity contribution in [3.63, 3.8) is 0 Å². The summed E-state index contributed by atoms with van der Waals surface area (Å²) in [5, 5.41) is 1.12. The van der Waals surface area contributed by atoms with E-state index in [2.05, 4.69) is 4.98 Å². The van der Waals surface area contributed by atoms with Crippen LogP contribution in [0.4, 0.5) is 0 Å². The molecule has 0 spiro atoms. The highest BCUT2D eigenvalue weighted by atomic mass is 32.2. The van der Waals surface area contributed by atoms with Crippen molar-refractivity contribution in [3.8, 4) is 5.75 Å². The monoisotopic (exact) mass is 354 g/mol. The first-order chi connectivity index (χ1) is 12.1. The maximum absolute atomic E-state index is 12.9. The Balaban J connectivity index is 2.06. The highest BCUT2D eigenvalue weighted by Crippen LogP contribution is 2.20. The maximum atomic E-state index is 12.9. The molecular weight excluding hydrogens is 336 g/mol. The molecule has 6 heteroatoms. The lowest BCUT2D eigenvalue weighted by Gasteiger charge is -2.13. The van der Waals surface area contributed by atoms with Gasteiger partial charge in [-0.3, -0.25) is 14.2 Å². The third-order valence-corrected chi connectivity index (χ3v) is 4.85. The third-order valence-electron chi connectivity index (χ3n) is 3.73. The quantitative estimate of drug-likeness (QED) is 0.503. The number of methoxy groups -OCH3 is 1. The summed E-state index contributed by atoms with van der Waals surface area (Å²) in [5.74, 6) is 1.09. The molecule has 0 N–H and O–H groups in total. The number of carbonyl (C=O) groups excluding carboxylic acids is 1. The number of aromatic nitrogens is 2. The Morgan fingerprint density at radius 1 is 1.16 bits per heavy atom. The van der Waals surface area contributed by atoms with E-state index in [1.54, 1.807) is 17.7 Å². The van der Waals surface area contributed by atoms with Gasteiger partial charge in [-0.2, -0.15) is 0 Å². The summed E-state index contributed by atoms with van der Waals surface area (Å²) in [6.45, 7) is 1.92. The number of para-hydroxylation sites is 1. The largest absolute Gasteiger partial charge is 0.497 e. The van der Waals surface area contributed by atoms with E-state index < -0.39 is 0 Å². The van der Waals surface area contributed by atoms with E-state index in [0.717, 1.165) is 11.3 Å². The van der Waals surface area contributed by atoms with Crippen LogP contribution in [0.15, 0.2) is 58.5 Å². The van der Waals surface area contributed by atoms with E-state index >= 15 is 0 Å². The lowest BCUT2D eigenvalue weighted by atomic mass is 10.2. The zero-order chi connectivity index (χ0) is 17.8. The molecule has 0 amide bonds. The number of hydrogen-bond acceptors (Lipinski definition) is 5. The molecule has 1 aromatic heterocycles. The number of rotatable bonds is 6. The van der Waals surface area contributed by atoms with Crippen LogP contribution in [0.5, 0.6) is 5.75 Å². The van der Waals surface area contributed by atoms with Gasteiger partial charge in [0.15, 0.2) is 5.16 Å².